The number of anilines is 1. The van der Waals surface area contributed by atoms with Crippen LogP contribution in [0.15, 0.2) is 24.5 Å². The topological polar surface area (TPSA) is 95.8 Å². The van der Waals surface area contributed by atoms with Gasteiger partial charge in [0.1, 0.15) is 11.8 Å². The van der Waals surface area contributed by atoms with E-state index in [2.05, 4.69) is 22.6 Å². The number of halogens is 1. The summed E-state index contributed by atoms with van der Waals surface area (Å²) < 4.78 is 26.6. The number of carbonyl (C=O) groups excluding carboxylic acids is 2. The highest BCUT2D eigenvalue weighted by molar-refractivity contribution is 14.1. The zero-order valence-corrected chi connectivity index (χ0v) is 19.4. The molecule has 0 aromatic heterocycles. The highest BCUT2D eigenvalue weighted by atomic mass is 127. The van der Waals surface area contributed by atoms with Crippen LogP contribution < -0.4 is 9.80 Å². The summed E-state index contributed by atoms with van der Waals surface area (Å²) in [6.07, 6.45) is 2.53. The van der Waals surface area contributed by atoms with E-state index in [0.29, 0.717) is 27.1 Å². The van der Waals surface area contributed by atoms with Crippen molar-refractivity contribution in [3.05, 3.63) is 33.6 Å². The van der Waals surface area contributed by atoms with Crippen LogP contribution in [0.4, 0.5) is 10.5 Å². The SMILES string of the molecule is CO/C=C/[C@]1(OC)ON(c2cc(C(=O)OC)cc(OC)c2I)C[C@H]2[C@@H]1N2C(=O)OC. The van der Waals surface area contributed by atoms with Crippen LogP contribution in [0.2, 0.25) is 0 Å². The third kappa shape index (κ3) is 3.76. The molecule has 0 saturated carbocycles. The van der Waals surface area contributed by atoms with Gasteiger partial charge in [-0.1, -0.05) is 0 Å². The maximum absolute atomic E-state index is 12.2. The van der Waals surface area contributed by atoms with E-state index in [-0.39, 0.29) is 6.04 Å². The molecule has 1 aromatic carbocycles. The Morgan fingerprint density at radius 3 is 2.50 bits per heavy atom. The van der Waals surface area contributed by atoms with Crippen molar-refractivity contribution in [2.24, 2.45) is 0 Å². The van der Waals surface area contributed by atoms with Crippen molar-refractivity contribution in [1.82, 2.24) is 4.90 Å². The second-order valence-corrected chi connectivity index (χ2v) is 7.59. The summed E-state index contributed by atoms with van der Waals surface area (Å²) in [6.45, 7) is 0.329. The molecule has 3 atom stereocenters. The number of esters is 1. The molecule has 2 saturated heterocycles. The Balaban J connectivity index is 2.06. The standard InChI is InChI=1S/C19H23IN2O8/c1-25-7-6-19(29-5)16-13(22(16)18(24)28-4)10-21(30-19)12-8-11(17(23)27-3)9-14(26-2)15(12)20/h6-9,13,16H,10H2,1-5H3/b7-6+/t13-,16-,19-,22?/m0/s1. The van der Waals surface area contributed by atoms with Crippen LogP contribution >= 0.6 is 22.6 Å². The number of ether oxygens (including phenoxy) is 5. The summed E-state index contributed by atoms with van der Waals surface area (Å²) in [5.74, 6) is -1.35. The van der Waals surface area contributed by atoms with E-state index in [4.69, 9.17) is 28.5 Å². The van der Waals surface area contributed by atoms with Gasteiger partial charge in [0.2, 0.25) is 5.79 Å². The maximum Gasteiger partial charge on any atom is 0.410 e. The predicted molar refractivity (Wildman–Crippen MR) is 113 cm³/mol. The Hall–Kier alpha value is -2.25. The Labute approximate surface area is 187 Å². The lowest BCUT2D eigenvalue weighted by Gasteiger charge is -2.38. The molecule has 0 spiro atoms. The number of benzene rings is 1. The van der Waals surface area contributed by atoms with E-state index in [9.17, 15) is 9.59 Å². The van der Waals surface area contributed by atoms with Gasteiger partial charge in [-0.25, -0.2) is 19.5 Å². The molecule has 0 bridgehead atoms. The van der Waals surface area contributed by atoms with Crippen molar-refractivity contribution in [3.63, 3.8) is 0 Å². The van der Waals surface area contributed by atoms with Gasteiger partial charge in [-0.15, -0.1) is 0 Å². The van der Waals surface area contributed by atoms with E-state index < -0.39 is 23.9 Å². The molecule has 1 amide bonds. The second-order valence-electron chi connectivity index (χ2n) is 6.51. The van der Waals surface area contributed by atoms with Crippen LogP contribution in [0, 0.1) is 3.57 Å². The van der Waals surface area contributed by atoms with Gasteiger partial charge in [-0.05, 0) is 34.7 Å². The normalized spacial score (nSPS) is 25.0. The minimum Gasteiger partial charge on any atom is -0.504 e. The van der Waals surface area contributed by atoms with E-state index in [1.807, 2.05) is 0 Å². The number of nitrogens with zero attached hydrogens (tertiary/aromatic N) is 2. The lowest BCUT2D eigenvalue weighted by molar-refractivity contribution is -0.209. The molecule has 3 rings (SSSR count). The summed E-state index contributed by atoms with van der Waals surface area (Å²) >= 11 is 2.11. The molecule has 2 aliphatic rings. The molecule has 10 nitrogen and oxygen atoms in total. The first-order valence-corrected chi connectivity index (χ1v) is 9.99. The van der Waals surface area contributed by atoms with Gasteiger partial charge >= 0.3 is 12.1 Å². The van der Waals surface area contributed by atoms with Crippen molar-refractivity contribution in [1.29, 1.82) is 0 Å². The van der Waals surface area contributed by atoms with Crippen molar-refractivity contribution >= 4 is 40.3 Å². The predicted octanol–water partition coefficient (Wildman–Crippen LogP) is 2.16. The van der Waals surface area contributed by atoms with Crippen molar-refractivity contribution in [2.45, 2.75) is 17.9 Å². The number of fused-ring (bicyclic) bond motifs is 1. The molecule has 30 heavy (non-hydrogen) atoms. The average molecular weight is 534 g/mol. The van der Waals surface area contributed by atoms with Crippen LogP contribution in [-0.4, -0.2) is 76.9 Å². The Bertz CT molecular complexity index is 863. The number of hydrogen-bond donors (Lipinski definition) is 0. The zero-order valence-electron chi connectivity index (χ0n) is 17.2. The summed E-state index contributed by atoms with van der Waals surface area (Å²) in [5, 5.41) is 1.57. The summed E-state index contributed by atoms with van der Waals surface area (Å²) in [6, 6.07) is 2.59. The fraction of sp³-hybridized carbons (Fsp3) is 0.474. The van der Waals surface area contributed by atoms with Crippen LogP contribution in [0.3, 0.4) is 0 Å². The van der Waals surface area contributed by atoms with Gasteiger partial charge in [-0.2, -0.15) is 0 Å². The smallest absolute Gasteiger partial charge is 0.410 e. The minimum atomic E-state index is -1.31. The first-order valence-electron chi connectivity index (χ1n) is 8.91. The highest BCUT2D eigenvalue weighted by Gasteiger charge is 2.68. The van der Waals surface area contributed by atoms with Gasteiger partial charge in [0.15, 0.2) is 0 Å². The van der Waals surface area contributed by atoms with E-state index in [1.165, 1.54) is 46.7 Å². The van der Waals surface area contributed by atoms with E-state index in [1.54, 1.807) is 23.3 Å². The van der Waals surface area contributed by atoms with Crippen molar-refractivity contribution < 1.29 is 38.1 Å². The molecule has 0 radical (unpaired) electrons. The third-order valence-corrected chi connectivity index (χ3v) is 6.10. The molecule has 2 aliphatic heterocycles. The largest absolute Gasteiger partial charge is 0.504 e. The molecule has 1 aromatic rings. The summed E-state index contributed by atoms with van der Waals surface area (Å²) in [4.78, 5) is 32.2. The summed E-state index contributed by atoms with van der Waals surface area (Å²) in [7, 11) is 7.11. The van der Waals surface area contributed by atoms with Crippen molar-refractivity contribution in [3.8, 4) is 5.75 Å². The Morgan fingerprint density at radius 1 is 1.20 bits per heavy atom. The van der Waals surface area contributed by atoms with E-state index in [0.717, 1.165) is 0 Å². The fourth-order valence-electron chi connectivity index (χ4n) is 3.53. The highest BCUT2D eigenvalue weighted by Crippen LogP contribution is 2.48. The molecule has 0 aliphatic carbocycles. The molecule has 0 unspecified atom stereocenters. The first-order chi connectivity index (χ1) is 14.4. The van der Waals surface area contributed by atoms with Gasteiger partial charge in [0, 0.05) is 13.2 Å². The Morgan fingerprint density at radius 2 is 1.93 bits per heavy atom. The molecular weight excluding hydrogens is 511 g/mol. The second kappa shape index (κ2) is 8.86. The number of hydroxylamine groups is 1. The lowest BCUT2D eigenvalue weighted by Crippen LogP contribution is -2.52. The molecule has 0 N–H and O–H groups in total. The fourth-order valence-corrected chi connectivity index (χ4v) is 4.33. The van der Waals surface area contributed by atoms with Gasteiger partial charge in [0.25, 0.3) is 0 Å². The first kappa shape index (κ1) is 22.4. The molecule has 164 valence electrons. The van der Waals surface area contributed by atoms with E-state index >= 15 is 0 Å². The Kier molecular flexibility index (Phi) is 6.62. The third-order valence-electron chi connectivity index (χ3n) is 5.02. The van der Waals surface area contributed by atoms with Crippen molar-refractivity contribution in [2.75, 3.05) is 47.2 Å². The quantitative estimate of drug-likeness (QED) is 0.236. The van der Waals surface area contributed by atoms with Crippen LogP contribution in [0.1, 0.15) is 10.4 Å². The van der Waals surface area contributed by atoms with Crippen LogP contribution in [0.25, 0.3) is 0 Å². The number of amides is 1. The van der Waals surface area contributed by atoms with Crippen LogP contribution in [-0.2, 0) is 23.8 Å². The van der Waals surface area contributed by atoms with Gasteiger partial charge in [-0.3, -0.25) is 4.90 Å². The lowest BCUT2D eigenvalue weighted by atomic mass is 10.1. The number of rotatable bonds is 6. The van der Waals surface area contributed by atoms with Gasteiger partial charge in [0.05, 0.1) is 62.1 Å². The number of carbonyl (C=O) groups is 2. The monoisotopic (exact) mass is 534 g/mol. The number of hydrogen-bond acceptors (Lipinski definition) is 9. The number of methoxy groups -OCH3 is 5. The van der Waals surface area contributed by atoms with Gasteiger partial charge < -0.3 is 23.7 Å². The molecule has 2 heterocycles. The zero-order chi connectivity index (χ0) is 22.1. The molecule has 2 fully saturated rings. The molecule has 11 heteroatoms. The molecular formula is C19H23IN2O8. The maximum atomic E-state index is 12.2. The average Bonchev–Trinajstić information content (AvgIpc) is 3.51. The minimum absolute atomic E-state index is 0.240. The van der Waals surface area contributed by atoms with Crippen LogP contribution in [0.5, 0.6) is 5.75 Å². The summed E-state index contributed by atoms with van der Waals surface area (Å²) in [5.41, 5.74) is 0.865.